The zero-order chi connectivity index (χ0) is 16.4. The fraction of sp³-hybridized carbons (Fsp3) is 0.188. The van der Waals surface area contributed by atoms with Crippen molar-refractivity contribution in [2.75, 3.05) is 14.2 Å². The Morgan fingerprint density at radius 3 is 2.74 bits per heavy atom. The van der Waals surface area contributed by atoms with E-state index in [2.05, 4.69) is 10.1 Å². The Labute approximate surface area is 132 Å². The number of nitrogens with two attached hydrogens (primary N) is 1. The van der Waals surface area contributed by atoms with Gasteiger partial charge in [-0.25, -0.2) is 9.67 Å². The smallest absolute Gasteiger partial charge is 0.250 e. The Morgan fingerprint density at radius 1 is 1.22 bits per heavy atom. The Kier molecular flexibility index (Phi) is 3.84. The first-order valence-electron chi connectivity index (χ1n) is 6.94. The number of carbonyl (C=O) groups is 1. The quantitative estimate of drug-likeness (QED) is 0.772. The maximum Gasteiger partial charge on any atom is 0.250 e. The summed E-state index contributed by atoms with van der Waals surface area (Å²) in [6.07, 6.45) is 3.11. The minimum atomic E-state index is -0.510. The molecule has 0 saturated carbocycles. The van der Waals surface area contributed by atoms with Gasteiger partial charge in [0.15, 0.2) is 5.65 Å². The van der Waals surface area contributed by atoms with E-state index in [0.29, 0.717) is 23.5 Å². The number of nitrogens with zero attached hydrogens (tertiary/aromatic N) is 3. The summed E-state index contributed by atoms with van der Waals surface area (Å²) in [6, 6.07) is 7.28. The number of carbonyl (C=O) groups excluding carboxylic acids is 1. The Hall–Kier alpha value is -3.09. The van der Waals surface area contributed by atoms with Gasteiger partial charge >= 0.3 is 0 Å². The van der Waals surface area contributed by atoms with Gasteiger partial charge in [-0.2, -0.15) is 5.10 Å². The number of pyridine rings is 1. The third-order valence-electron chi connectivity index (χ3n) is 3.57. The average Bonchev–Trinajstić information content (AvgIpc) is 2.97. The van der Waals surface area contributed by atoms with E-state index in [4.69, 9.17) is 15.2 Å². The SMILES string of the molecule is COc1ccc(Cn2ncc3cc(C(N)=O)cnc32)c(OC)c1. The van der Waals surface area contributed by atoms with Crippen LogP contribution in [0.3, 0.4) is 0 Å². The number of ether oxygens (including phenoxy) is 2. The molecule has 0 bridgehead atoms. The molecule has 0 radical (unpaired) electrons. The summed E-state index contributed by atoms with van der Waals surface area (Å²) in [7, 11) is 3.21. The molecule has 118 valence electrons. The highest BCUT2D eigenvalue weighted by Crippen LogP contribution is 2.26. The van der Waals surface area contributed by atoms with Gasteiger partial charge in [0.2, 0.25) is 5.91 Å². The topological polar surface area (TPSA) is 92.3 Å². The number of hydrogen-bond acceptors (Lipinski definition) is 5. The Balaban J connectivity index is 1.97. The number of fused-ring (bicyclic) bond motifs is 1. The molecule has 2 aromatic heterocycles. The fourth-order valence-corrected chi connectivity index (χ4v) is 2.37. The van der Waals surface area contributed by atoms with E-state index in [1.165, 1.54) is 6.20 Å². The largest absolute Gasteiger partial charge is 0.497 e. The maximum absolute atomic E-state index is 11.2. The van der Waals surface area contributed by atoms with Crippen molar-refractivity contribution in [3.8, 4) is 11.5 Å². The van der Waals surface area contributed by atoms with E-state index in [9.17, 15) is 4.79 Å². The lowest BCUT2D eigenvalue weighted by Gasteiger charge is -2.11. The highest BCUT2D eigenvalue weighted by Gasteiger charge is 2.11. The van der Waals surface area contributed by atoms with Crippen molar-refractivity contribution in [1.29, 1.82) is 0 Å². The second-order valence-electron chi connectivity index (χ2n) is 4.98. The molecule has 7 nitrogen and oxygen atoms in total. The van der Waals surface area contributed by atoms with Crippen molar-refractivity contribution in [2.45, 2.75) is 6.54 Å². The molecule has 3 rings (SSSR count). The molecule has 0 saturated heterocycles. The summed E-state index contributed by atoms with van der Waals surface area (Å²) in [5.41, 5.74) is 7.24. The molecular weight excluding hydrogens is 296 g/mol. The van der Waals surface area contributed by atoms with Gasteiger partial charge in [-0.1, -0.05) is 0 Å². The van der Waals surface area contributed by atoms with Gasteiger partial charge in [-0.15, -0.1) is 0 Å². The summed E-state index contributed by atoms with van der Waals surface area (Å²) in [5.74, 6) is 0.922. The minimum Gasteiger partial charge on any atom is -0.497 e. The molecule has 2 N–H and O–H groups in total. The molecule has 1 aromatic carbocycles. The normalized spacial score (nSPS) is 10.7. The van der Waals surface area contributed by atoms with Gasteiger partial charge < -0.3 is 15.2 Å². The lowest BCUT2D eigenvalue weighted by atomic mass is 10.2. The van der Waals surface area contributed by atoms with Crippen molar-refractivity contribution in [1.82, 2.24) is 14.8 Å². The number of methoxy groups -OCH3 is 2. The van der Waals surface area contributed by atoms with Crippen LogP contribution in [0.15, 0.2) is 36.7 Å². The first-order valence-corrected chi connectivity index (χ1v) is 6.94. The molecule has 0 spiro atoms. The van der Waals surface area contributed by atoms with E-state index >= 15 is 0 Å². The van der Waals surface area contributed by atoms with Gasteiger partial charge in [0.25, 0.3) is 0 Å². The van der Waals surface area contributed by atoms with Crippen molar-refractivity contribution in [2.24, 2.45) is 5.73 Å². The Morgan fingerprint density at radius 2 is 2.04 bits per heavy atom. The van der Waals surface area contributed by atoms with E-state index in [-0.39, 0.29) is 0 Å². The molecule has 0 unspecified atom stereocenters. The van der Waals surface area contributed by atoms with Gasteiger partial charge in [0.05, 0.1) is 32.5 Å². The molecule has 0 aliphatic rings. The van der Waals surface area contributed by atoms with Crippen LogP contribution in [0.5, 0.6) is 11.5 Å². The highest BCUT2D eigenvalue weighted by molar-refractivity contribution is 5.95. The predicted octanol–water partition coefficient (Wildman–Crippen LogP) is 1.60. The molecule has 0 atom stereocenters. The van der Waals surface area contributed by atoms with Gasteiger partial charge in [0, 0.05) is 23.2 Å². The molecule has 1 amide bonds. The molecule has 3 aromatic rings. The van der Waals surface area contributed by atoms with Gasteiger partial charge in [-0.3, -0.25) is 4.79 Å². The number of amides is 1. The summed E-state index contributed by atoms with van der Waals surface area (Å²) in [5, 5.41) is 5.08. The summed E-state index contributed by atoms with van der Waals surface area (Å²) in [4.78, 5) is 15.5. The summed E-state index contributed by atoms with van der Waals surface area (Å²) in [6.45, 7) is 0.486. The monoisotopic (exact) mass is 312 g/mol. The zero-order valence-corrected chi connectivity index (χ0v) is 12.8. The van der Waals surface area contributed by atoms with E-state index in [1.54, 1.807) is 31.2 Å². The van der Waals surface area contributed by atoms with Crippen LogP contribution in [0.2, 0.25) is 0 Å². The molecular formula is C16H16N4O3. The number of rotatable bonds is 5. The maximum atomic E-state index is 11.2. The lowest BCUT2D eigenvalue weighted by molar-refractivity contribution is 0.1000. The number of hydrogen-bond donors (Lipinski definition) is 1. The standard InChI is InChI=1S/C16H16N4O3/c1-22-13-4-3-10(14(6-13)23-2)9-20-16-12(8-19-20)5-11(7-18-16)15(17)21/h3-8H,9H2,1-2H3,(H2,17,21). The number of benzene rings is 1. The fourth-order valence-electron chi connectivity index (χ4n) is 2.37. The third-order valence-corrected chi connectivity index (χ3v) is 3.57. The van der Waals surface area contributed by atoms with Crippen LogP contribution >= 0.6 is 0 Å². The number of primary amides is 1. The molecule has 0 aliphatic heterocycles. The van der Waals surface area contributed by atoms with Crippen molar-refractivity contribution >= 4 is 16.9 Å². The average molecular weight is 312 g/mol. The first-order chi connectivity index (χ1) is 11.1. The summed E-state index contributed by atoms with van der Waals surface area (Å²) >= 11 is 0. The second kappa shape index (κ2) is 5.96. The van der Waals surface area contributed by atoms with Gasteiger partial charge in [0.1, 0.15) is 11.5 Å². The van der Waals surface area contributed by atoms with Crippen LogP contribution in [0.4, 0.5) is 0 Å². The minimum absolute atomic E-state index is 0.360. The molecule has 2 heterocycles. The van der Waals surface area contributed by atoms with Crippen LogP contribution in [-0.4, -0.2) is 34.9 Å². The molecule has 0 aliphatic carbocycles. The third kappa shape index (κ3) is 2.80. The molecule has 0 fully saturated rings. The van der Waals surface area contributed by atoms with Crippen molar-refractivity contribution in [3.63, 3.8) is 0 Å². The van der Waals surface area contributed by atoms with Crippen LogP contribution in [0.25, 0.3) is 11.0 Å². The van der Waals surface area contributed by atoms with Crippen molar-refractivity contribution < 1.29 is 14.3 Å². The Bertz CT molecular complexity index is 873. The second-order valence-corrected chi connectivity index (χ2v) is 4.98. The van der Waals surface area contributed by atoms with Crippen LogP contribution in [0.1, 0.15) is 15.9 Å². The van der Waals surface area contributed by atoms with E-state index < -0.39 is 5.91 Å². The number of aromatic nitrogens is 3. The van der Waals surface area contributed by atoms with E-state index in [0.717, 1.165) is 16.7 Å². The van der Waals surface area contributed by atoms with Crippen LogP contribution < -0.4 is 15.2 Å². The molecule has 7 heteroatoms. The molecule has 23 heavy (non-hydrogen) atoms. The first kappa shape index (κ1) is 14.8. The highest BCUT2D eigenvalue weighted by atomic mass is 16.5. The van der Waals surface area contributed by atoms with Crippen molar-refractivity contribution in [3.05, 3.63) is 47.8 Å². The summed E-state index contributed by atoms with van der Waals surface area (Å²) < 4.78 is 12.3. The predicted molar refractivity (Wildman–Crippen MR) is 84.7 cm³/mol. The van der Waals surface area contributed by atoms with Gasteiger partial charge in [-0.05, 0) is 18.2 Å². The lowest BCUT2D eigenvalue weighted by Crippen LogP contribution is -2.11. The zero-order valence-electron chi connectivity index (χ0n) is 12.8. The van der Waals surface area contributed by atoms with Crippen LogP contribution in [0, 0.1) is 0 Å². The van der Waals surface area contributed by atoms with Crippen LogP contribution in [-0.2, 0) is 6.54 Å². The van der Waals surface area contributed by atoms with E-state index in [1.807, 2.05) is 18.2 Å².